The fourth-order valence-electron chi connectivity index (χ4n) is 4.57. The SMILES string of the molecule is CN1CCN(c2ccc3c(c2)CN(C)CC3c2ccc3ccsc3c2)CC1. The van der Waals surface area contributed by atoms with Gasteiger partial charge in [-0.25, -0.2) is 0 Å². The van der Waals surface area contributed by atoms with Crippen molar-refractivity contribution < 1.29 is 0 Å². The Balaban J connectivity index is 1.49. The second kappa shape index (κ2) is 6.93. The van der Waals surface area contributed by atoms with Gasteiger partial charge in [-0.15, -0.1) is 11.3 Å². The lowest BCUT2D eigenvalue weighted by Crippen LogP contribution is -2.44. The Kier molecular flexibility index (Phi) is 4.43. The Bertz CT molecular complexity index is 955. The molecule has 2 aromatic carbocycles. The molecule has 0 N–H and O–H groups in total. The van der Waals surface area contributed by atoms with Gasteiger partial charge in [-0.05, 0) is 65.8 Å². The van der Waals surface area contributed by atoms with E-state index < -0.39 is 0 Å². The first kappa shape index (κ1) is 17.2. The van der Waals surface area contributed by atoms with Crippen LogP contribution in [-0.4, -0.2) is 56.6 Å². The van der Waals surface area contributed by atoms with Crippen LogP contribution in [0, 0.1) is 0 Å². The second-order valence-corrected chi connectivity index (χ2v) is 9.09. The van der Waals surface area contributed by atoms with Crippen LogP contribution in [0.1, 0.15) is 22.6 Å². The van der Waals surface area contributed by atoms with E-state index in [2.05, 4.69) is 76.6 Å². The maximum atomic E-state index is 2.54. The lowest BCUT2D eigenvalue weighted by Gasteiger charge is -2.36. The molecule has 0 spiro atoms. The zero-order valence-electron chi connectivity index (χ0n) is 16.2. The summed E-state index contributed by atoms with van der Waals surface area (Å²) in [5, 5.41) is 3.55. The van der Waals surface area contributed by atoms with Crippen LogP contribution in [0.15, 0.2) is 47.8 Å². The molecule has 3 heterocycles. The van der Waals surface area contributed by atoms with Crippen molar-refractivity contribution in [2.75, 3.05) is 51.7 Å². The molecule has 0 bridgehead atoms. The number of hydrogen-bond acceptors (Lipinski definition) is 4. The lowest BCUT2D eigenvalue weighted by atomic mass is 9.84. The molecule has 1 atom stereocenters. The van der Waals surface area contributed by atoms with E-state index >= 15 is 0 Å². The summed E-state index contributed by atoms with van der Waals surface area (Å²) in [4.78, 5) is 7.43. The molecular weight excluding hydrogens is 350 g/mol. The summed E-state index contributed by atoms with van der Waals surface area (Å²) in [6.07, 6.45) is 0. The Morgan fingerprint density at radius 1 is 0.889 bits per heavy atom. The van der Waals surface area contributed by atoms with E-state index in [0.29, 0.717) is 5.92 Å². The van der Waals surface area contributed by atoms with Crippen LogP contribution < -0.4 is 4.90 Å². The molecule has 27 heavy (non-hydrogen) atoms. The number of anilines is 1. The molecule has 0 amide bonds. The van der Waals surface area contributed by atoms with Gasteiger partial charge in [-0.1, -0.05) is 18.2 Å². The Labute approximate surface area is 165 Å². The molecule has 1 aromatic heterocycles. The molecule has 2 aliphatic heterocycles. The molecule has 0 saturated carbocycles. The van der Waals surface area contributed by atoms with Crippen molar-refractivity contribution in [1.29, 1.82) is 0 Å². The highest BCUT2D eigenvalue weighted by Crippen LogP contribution is 2.37. The Morgan fingerprint density at radius 3 is 2.59 bits per heavy atom. The maximum Gasteiger partial charge on any atom is 0.0370 e. The van der Waals surface area contributed by atoms with Crippen molar-refractivity contribution in [2.24, 2.45) is 0 Å². The highest BCUT2D eigenvalue weighted by Gasteiger charge is 2.26. The van der Waals surface area contributed by atoms with Crippen molar-refractivity contribution in [3.63, 3.8) is 0 Å². The van der Waals surface area contributed by atoms with Gasteiger partial charge in [0, 0.05) is 55.6 Å². The molecular formula is C23H27N3S. The summed E-state index contributed by atoms with van der Waals surface area (Å²) < 4.78 is 1.40. The third kappa shape index (κ3) is 3.27. The number of fused-ring (bicyclic) bond motifs is 2. The molecule has 1 saturated heterocycles. The first-order valence-electron chi connectivity index (χ1n) is 9.89. The van der Waals surface area contributed by atoms with Crippen LogP contribution in [0.5, 0.6) is 0 Å². The van der Waals surface area contributed by atoms with Crippen LogP contribution in [0.2, 0.25) is 0 Å². The molecule has 0 aliphatic carbocycles. The Hall–Kier alpha value is -1.88. The molecule has 1 fully saturated rings. The summed E-state index contributed by atoms with van der Waals surface area (Å²) in [6, 6.07) is 16.4. The number of thiophene rings is 1. The largest absolute Gasteiger partial charge is 0.369 e. The number of rotatable bonds is 2. The average molecular weight is 378 g/mol. The summed E-state index contributed by atoms with van der Waals surface area (Å²) >= 11 is 1.84. The van der Waals surface area contributed by atoms with Crippen molar-refractivity contribution >= 4 is 27.1 Å². The summed E-state index contributed by atoms with van der Waals surface area (Å²) in [5.74, 6) is 0.465. The molecule has 4 heteroatoms. The smallest absolute Gasteiger partial charge is 0.0370 e. The second-order valence-electron chi connectivity index (χ2n) is 8.14. The zero-order valence-corrected chi connectivity index (χ0v) is 17.0. The summed E-state index contributed by atoms with van der Waals surface area (Å²) in [7, 11) is 4.47. The van der Waals surface area contributed by atoms with E-state index in [-0.39, 0.29) is 0 Å². The predicted molar refractivity (Wildman–Crippen MR) is 116 cm³/mol. The van der Waals surface area contributed by atoms with Gasteiger partial charge in [0.2, 0.25) is 0 Å². The van der Waals surface area contributed by atoms with Gasteiger partial charge in [0.15, 0.2) is 0 Å². The van der Waals surface area contributed by atoms with Crippen molar-refractivity contribution in [3.8, 4) is 0 Å². The van der Waals surface area contributed by atoms with Crippen LogP contribution in [0.4, 0.5) is 5.69 Å². The molecule has 0 radical (unpaired) electrons. The lowest BCUT2D eigenvalue weighted by molar-refractivity contribution is 0.295. The average Bonchev–Trinajstić information content (AvgIpc) is 3.15. The van der Waals surface area contributed by atoms with Crippen molar-refractivity contribution in [2.45, 2.75) is 12.5 Å². The Morgan fingerprint density at radius 2 is 1.74 bits per heavy atom. The normalized spacial score (nSPS) is 21.6. The molecule has 2 aliphatic rings. The van der Waals surface area contributed by atoms with Crippen LogP contribution in [-0.2, 0) is 6.54 Å². The van der Waals surface area contributed by atoms with Crippen LogP contribution in [0.3, 0.4) is 0 Å². The minimum atomic E-state index is 0.465. The van der Waals surface area contributed by atoms with E-state index in [0.717, 1.165) is 39.3 Å². The molecule has 1 unspecified atom stereocenters. The van der Waals surface area contributed by atoms with Gasteiger partial charge in [0.05, 0.1) is 0 Å². The predicted octanol–water partition coefficient (Wildman–Crippen LogP) is 4.23. The molecule has 140 valence electrons. The maximum absolute atomic E-state index is 2.54. The number of nitrogens with zero attached hydrogens (tertiary/aromatic N) is 3. The van der Waals surface area contributed by atoms with Crippen LogP contribution in [0.25, 0.3) is 10.1 Å². The van der Waals surface area contributed by atoms with E-state index in [4.69, 9.17) is 0 Å². The van der Waals surface area contributed by atoms with E-state index in [1.165, 1.54) is 32.5 Å². The fourth-order valence-corrected chi connectivity index (χ4v) is 5.41. The monoisotopic (exact) mass is 377 g/mol. The number of hydrogen-bond donors (Lipinski definition) is 0. The highest BCUT2D eigenvalue weighted by molar-refractivity contribution is 7.17. The number of piperazine rings is 1. The van der Waals surface area contributed by atoms with Gasteiger partial charge in [-0.2, -0.15) is 0 Å². The topological polar surface area (TPSA) is 9.72 Å². The van der Waals surface area contributed by atoms with E-state index in [1.807, 2.05) is 11.3 Å². The summed E-state index contributed by atoms with van der Waals surface area (Å²) in [6.45, 7) is 6.71. The number of benzene rings is 2. The molecule has 3 nitrogen and oxygen atoms in total. The zero-order chi connectivity index (χ0) is 18.4. The van der Waals surface area contributed by atoms with Gasteiger partial charge in [-0.3, -0.25) is 0 Å². The van der Waals surface area contributed by atoms with Crippen molar-refractivity contribution in [1.82, 2.24) is 9.80 Å². The van der Waals surface area contributed by atoms with Gasteiger partial charge in [0.1, 0.15) is 0 Å². The molecule has 3 aromatic rings. The third-order valence-electron chi connectivity index (χ3n) is 6.19. The minimum absolute atomic E-state index is 0.465. The summed E-state index contributed by atoms with van der Waals surface area (Å²) in [5.41, 5.74) is 5.85. The van der Waals surface area contributed by atoms with Crippen molar-refractivity contribution in [3.05, 3.63) is 64.5 Å². The van der Waals surface area contributed by atoms with Gasteiger partial charge in [0.25, 0.3) is 0 Å². The molecule has 5 rings (SSSR count). The van der Waals surface area contributed by atoms with Gasteiger partial charge >= 0.3 is 0 Å². The van der Waals surface area contributed by atoms with Gasteiger partial charge < -0.3 is 14.7 Å². The quantitative estimate of drug-likeness (QED) is 0.662. The van der Waals surface area contributed by atoms with Crippen LogP contribution >= 0.6 is 11.3 Å². The third-order valence-corrected chi connectivity index (χ3v) is 7.07. The standard InChI is InChI=1S/C23H27N3S/c1-24-8-10-26(11-9-24)20-5-6-21-19(13-20)15-25(2)16-22(21)18-4-3-17-7-12-27-23(17)14-18/h3-7,12-14,22H,8-11,15-16H2,1-2H3. The first-order chi connectivity index (χ1) is 13.2. The number of likely N-dealkylation sites (N-methyl/N-ethyl adjacent to an activating group) is 2. The first-order valence-corrected chi connectivity index (χ1v) is 10.8. The minimum Gasteiger partial charge on any atom is -0.369 e. The van der Waals surface area contributed by atoms with E-state index in [1.54, 1.807) is 0 Å². The fraction of sp³-hybridized carbons (Fsp3) is 0.391. The van der Waals surface area contributed by atoms with E-state index in [9.17, 15) is 0 Å². The highest BCUT2D eigenvalue weighted by atomic mass is 32.1.